The summed E-state index contributed by atoms with van der Waals surface area (Å²) in [7, 11) is 3.51. The van der Waals surface area contributed by atoms with Crippen LogP contribution in [0.5, 0.6) is 0 Å². The van der Waals surface area contributed by atoms with E-state index >= 15 is 0 Å². The SMILES string of the molecule is CSCCNC(=NCC(=O)N(C)C)NC1CCC(SC)C1. The van der Waals surface area contributed by atoms with Crippen LogP contribution in [0.1, 0.15) is 19.3 Å². The van der Waals surface area contributed by atoms with E-state index in [1.807, 2.05) is 11.8 Å². The summed E-state index contributed by atoms with van der Waals surface area (Å²) in [6.45, 7) is 1.06. The second-order valence-corrected chi connectivity index (χ2v) is 7.51. The fourth-order valence-corrected chi connectivity index (χ4v) is 3.29. The molecule has 0 bridgehead atoms. The van der Waals surface area contributed by atoms with E-state index < -0.39 is 0 Å². The van der Waals surface area contributed by atoms with E-state index in [2.05, 4.69) is 28.1 Å². The Morgan fingerprint density at radius 3 is 2.67 bits per heavy atom. The van der Waals surface area contributed by atoms with Gasteiger partial charge in [0.1, 0.15) is 6.54 Å². The summed E-state index contributed by atoms with van der Waals surface area (Å²) in [4.78, 5) is 17.7. The molecule has 2 unspecified atom stereocenters. The van der Waals surface area contributed by atoms with Crippen LogP contribution in [0.2, 0.25) is 0 Å². The Kier molecular flexibility index (Phi) is 8.99. The summed E-state index contributed by atoms with van der Waals surface area (Å²) in [6, 6.07) is 0.470. The molecule has 1 rings (SSSR count). The zero-order chi connectivity index (χ0) is 15.7. The van der Waals surface area contributed by atoms with Gasteiger partial charge < -0.3 is 15.5 Å². The van der Waals surface area contributed by atoms with Gasteiger partial charge in [-0.1, -0.05) is 0 Å². The number of nitrogens with one attached hydrogen (secondary N) is 2. The number of rotatable bonds is 7. The molecule has 0 aromatic rings. The van der Waals surface area contributed by atoms with Crippen LogP contribution in [0.3, 0.4) is 0 Å². The lowest BCUT2D eigenvalue weighted by Gasteiger charge is -2.18. The van der Waals surface area contributed by atoms with Crippen LogP contribution in [0.15, 0.2) is 4.99 Å². The summed E-state index contributed by atoms with van der Waals surface area (Å²) in [5.74, 6) is 1.82. The third-order valence-corrected chi connectivity index (χ3v) is 5.24. The topological polar surface area (TPSA) is 56.7 Å². The molecule has 1 saturated carbocycles. The number of carbonyl (C=O) groups excluding carboxylic acids is 1. The quantitative estimate of drug-likeness (QED) is 0.418. The summed E-state index contributed by atoms with van der Waals surface area (Å²) in [5.41, 5.74) is 0. The van der Waals surface area contributed by atoms with E-state index in [-0.39, 0.29) is 12.5 Å². The molecule has 122 valence electrons. The summed E-state index contributed by atoms with van der Waals surface area (Å²) >= 11 is 3.74. The fraction of sp³-hybridized carbons (Fsp3) is 0.857. The van der Waals surface area contributed by atoms with Gasteiger partial charge in [0.25, 0.3) is 0 Å². The molecule has 1 fully saturated rings. The number of likely N-dealkylation sites (N-methyl/N-ethyl adjacent to an activating group) is 1. The van der Waals surface area contributed by atoms with Crippen LogP contribution < -0.4 is 10.6 Å². The van der Waals surface area contributed by atoms with Crippen molar-refractivity contribution in [3.05, 3.63) is 0 Å². The monoisotopic (exact) mass is 332 g/mol. The number of nitrogens with zero attached hydrogens (tertiary/aromatic N) is 2. The first-order valence-electron chi connectivity index (χ1n) is 7.33. The van der Waals surface area contributed by atoms with Crippen molar-refractivity contribution in [2.45, 2.75) is 30.6 Å². The van der Waals surface area contributed by atoms with Gasteiger partial charge in [-0.15, -0.1) is 0 Å². The average Bonchev–Trinajstić information content (AvgIpc) is 2.91. The minimum Gasteiger partial charge on any atom is -0.356 e. The summed E-state index contributed by atoms with van der Waals surface area (Å²) < 4.78 is 0. The van der Waals surface area contributed by atoms with Gasteiger partial charge in [-0.05, 0) is 31.8 Å². The smallest absolute Gasteiger partial charge is 0.243 e. The number of guanidine groups is 1. The zero-order valence-electron chi connectivity index (χ0n) is 13.5. The molecule has 2 N–H and O–H groups in total. The highest BCUT2D eigenvalue weighted by Crippen LogP contribution is 2.27. The second kappa shape index (κ2) is 10.2. The lowest BCUT2D eigenvalue weighted by Crippen LogP contribution is -2.44. The molecule has 0 saturated heterocycles. The molecule has 2 atom stereocenters. The number of carbonyl (C=O) groups is 1. The average molecular weight is 333 g/mol. The molecule has 0 aliphatic heterocycles. The Bertz CT molecular complexity index is 350. The molecule has 7 heteroatoms. The van der Waals surface area contributed by atoms with Crippen molar-refractivity contribution in [2.75, 3.05) is 45.4 Å². The van der Waals surface area contributed by atoms with Crippen LogP contribution in [0.4, 0.5) is 0 Å². The maximum atomic E-state index is 11.7. The van der Waals surface area contributed by atoms with Crippen molar-refractivity contribution < 1.29 is 4.79 Å². The molecule has 1 aliphatic rings. The number of amides is 1. The number of aliphatic imine (C=N–C) groups is 1. The molecule has 0 heterocycles. The molecule has 0 spiro atoms. The third-order valence-electron chi connectivity index (χ3n) is 3.53. The Labute approximate surface area is 137 Å². The number of hydrogen-bond acceptors (Lipinski definition) is 4. The van der Waals surface area contributed by atoms with Crippen LogP contribution in [-0.2, 0) is 4.79 Å². The lowest BCUT2D eigenvalue weighted by atomic mass is 10.2. The predicted molar refractivity (Wildman–Crippen MR) is 95.5 cm³/mol. The minimum absolute atomic E-state index is 0.0226. The Balaban J connectivity index is 2.51. The van der Waals surface area contributed by atoms with Gasteiger partial charge in [0.15, 0.2) is 5.96 Å². The maximum Gasteiger partial charge on any atom is 0.243 e. The molecule has 1 amide bonds. The van der Waals surface area contributed by atoms with Gasteiger partial charge in [-0.3, -0.25) is 4.79 Å². The summed E-state index contributed by atoms with van der Waals surface area (Å²) in [5, 5.41) is 7.54. The van der Waals surface area contributed by atoms with Crippen molar-refractivity contribution >= 4 is 35.4 Å². The normalized spacial score (nSPS) is 22.2. The van der Waals surface area contributed by atoms with E-state index in [0.29, 0.717) is 6.04 Å². The highest BCUT2D eigenvalue weighted by atomic mass is 32.2. The van der Waals surface area contributed by atoms with E-state index in [4.69, 9.17) is 0 Å². The Hall–Kier alpha value is -0.560. The van der Waals surface area contributed by atoms with Crippen LogP contribution in [-0.4, -0.2) is 73.5 Å². The van der Waals surface area contributed by atoms with Gasteiger partial charge in [0, 0.05) is 37.7 Å². The predicted octanol–water partition coefficient (Wildman–Crippen LogP) is 1.26. The molecule has 5 nitrogen and oxygen atoms in total. The van der Waals surface area contributed by atoms with Gasteiger partial charge in [-0.2, -0.15) is 23.5 Å². The molecule has 0 radical (unpaired) electrons. The van der Waals surface area contributed by atoms with Crippen molar-refractivity contribution in [3.63, 3.8) is 0 Å². The maximum absolute atomic E-state index is 11.7. The highest BCUT2D eigenvalue weighted by Gasteiger charge is 2.24. The van der Waals surface area contributed by atoms with Crippen molar-refractivity contribution in [1.29, 1.82) is 0 Å². The van der Waals surface area contributed by atoms with Gasteiger partial charge in [-0.25, -0.2) is 4.99 Å². The van der Waals surface area contributed by atoms with Gasteiger partial charge >= 0.3 is 0 Å². The van der Waals surface area contributed by atoms with E-state index in [9.17, 15) is 4.79 Å². The second-order valence-electron chi connectivity index (χ2n) is 5.38. The van der Waals surface area contributed by atoms with Crippen LogP contribution in [0, 0.1) is 0 Å². The van der Waals surface area contributed by atoms with E-state index in [1.165, 1.54) is 19.3 Å². The van der Waals surface area contributed by atoms with Crippen molar-refractivity contribution in [3.8, 4) is 0 Å². The minimum atomic E-state index is 0.0226. The molecular formula is C14H28N4OS2. The first-order valence-corrected chi connectivity index (χ1v) is 10.0. The van der Waals surface area contributed by atoms with E-state index in [0.717, 1.165) is 23.5 Å². The zero-order valence-corrected chi connectivity index (χ0v) is 15.1. The molecule has 0 aromatic carbocycles. The Morgan fingerprint density at radius 2 is 2.10 bits per heavy atom. The largest absolute Gasteiger partial charge is 0.356 e. The van der Waals surface area contributed by atoms with Gasteiger partial charge in [0.2, 0.25) is 5.91 Å². The number of hydrogen-bond donors (Lipinski definition) is 2. The highest BCUT2D eigenvalue weighted by molar-refractivity contribution is 7.99. The fourth-order valence-electron chi connectivity index (χ4n) is 2.19. The van der Waals surface area contributed by atoms with Crippen LogP contribution in [0.25, 0.3) is 0 Å². The molecular weight excluding hydrogens is 304 g/mol. The first kappa shape index (κ1) is 18.5. The van der Waals surface area contributed by atoms with Crippen molar-refractivity contribution in [1.82, 2.24) is 15.5 Å². The Morgan fingerprint density at radius 1 is 1.33 bits per heavy atom. The lowest BCUT2D eigenvalue weighted by molar-refractivity contribution is -0.127. The van der Waals surface area contributed by atoms with Crippen LogP contribution >= 0.6 is 23.5 Å². The third kappa shape index (κ3) is 7.31. The standard InChI is InChI=1S/C14H28N4OS2/c1-18(2)13(19)10-16-14(15-7-8-20-3)17-11-5-6-12(9-11)21-4/h11-12H,5-10H2,1-4H3,(H2,15,16,17). The first-order chi connectivity index (χ1) is 10.1. The molecule has 0 aromatic heterocycles. The van der Waals surface area contributed by atoms with E-state index in [1.54, 1.807) is 30.8 Å². The van der Waals surface area contributed by atoms with Crippen molar-refractivity contribution in [2.24, 2.45) is 4.99 Å². The molecule has 21 heavy (non-hydrogen) atoms. The molecule has 1 aliphatic carbocycles. The van der Waals surface area contributed by atoms with Gasteiger partial charge in [0.05, 0.1) is 0 Å². The number of thioether (sulfide) groups is 2. The summed E-state index contributed by atoms with van der Waals surface area (Å²) in [6.07, 6.45) is 7.87.